The Morgan fingerprint density at radius 1 is 1.05 bits per heavy atom. The van der Waals surface area contributed by atoms with Crippen molar-refractivity contribution in [1.29, 1.82) is 0 Å². The predicted octanol–water partition coefficient (Wildman–Crippen LogP) is 4.16. The van der Waals surface area contributed by atoms with Crippen LogP contribution in [-0.2, 0) is 6.42 Å². The zero-order chi connectivity index (χ0) is 14.1. The molecule has 0 radical (unpaired) electrons. The first-order valence-corrected chi connectivity index (χ1v) is 6.52. The average molecular weight is 268 g/mol. The van der Waals surface area contributed by atoms with Gasteiger partial charge in [-0.15, -0.1) is 0 Å². The third-order valence-electron chi connectivity index (χ3n) is 3.33. The Bertz CT molecular complexity index is 820. The molecule has 1 heterocycles. The van der Waals surface area contributed by atoms with E-state index in [4.69, 9.17) is 4.42 Å². The van der Waals surface area contributed by atoms with Crippen molar-refractivity contribution in [2.75, 3.05) is 0 Å². The summed E-state index contributed by atoms with van der Waals surface area (Å²) in [4.78, 5) is 12.6. The zero-order valence-electron chi connectivity index (χ0n) is 11.0. The fourth-order valence-corrected chi connectivity index (χ4v) is 2.39. The molecule has 0 atom stereocenters. The van der Waals surface area contributed by atoms with Gasteiger partial charge in [-0.05, 0) is 17.7 Å². The van der Waals surface area contributed by atoms with E-state index < -0.39 is 5.82 Å². The lowest BCUT2D eigenvalue weighted by atomic mass is 10.0. The van der Waals surface area contributed by atoms with Gasteiger partial charge in [0.1, 0.15) is 22.5 Å². The monoisotopic (exact) mass is 268 g/mol. The number of fused-ring (bicyclic) bond motifs is 1. The van der Waals surface area contributed by atoms with E-state index in [0.29, 0.717) is 23.3 Å². The normalized spacial score (nSPS) is 10.9. The van der Waals surface area contributed by atoms with Crippen LogP contribution in [-0.4, -0.2) is 0 Å². The van der Waals surface area contributed by atoms with E-state index in [1.54, 1.807) is 12.1 Å². The Balaban J connectivity index is 2.45. The highest BCUT2D eigenvalue weighted by Crippen LogP contribution is 2.25. The molecule has 0 spiro atoms. The Hall–Kier alpha value is -2.42. The van der Waals surface area contributed by atoms with Crippen molar-refractivity contribution in [1.82, 2.24) is 0 Å². The predicted molar refractivity (Wildman–Crippen MR) is 77.3 cm³/mol. The largest absolute Gasteiger partial charge is 0.460 e. The van der Waals surface area contributed by atoms with Crippen LogP contribution in [0.3, 0.4) is 0 Å². The first kappa shape index (κ1) is 12.6. The van der Waals surface area contributed by atoms with Crippen LogP contribution in [0.25, 0.3) is 22.1 Å². The van der Waals surface area contributed by atoms with Gasteiger partial charge in [-0.1, -0.05) is 43.3 Å². The Labute approximate surface area is 115 Å². The second kappa shape index (κ2) is 4.93. The maximum atomic E-state index is 13.9. The highest BCUT2D eigenvalue weighted by molar-refractivity contribution is 5.83. The number of halogens is 1. The van der Waals surface area contributed by atoms with Crippen molar-refractivity contribution < 1.29 is 8.81 Å². The summed E-state index contributed by atoms with van der Waals surface area (Å²) in [5, 5.41) is 0.0172. The maximum Gasteiger partial charge on any atom is 0.203 e. The van der Waals surface area contributed by atoms with Crippen LogP contribution >= 0.6 is 0 Å². The van der Waals surface area contributed by atoms with Crippen molar-refractivity contribution in [3.05, 3.63) is 70.3 Å². The molecule has 3 rings (SSSR count). The third kappa shape index (κ3) is 1.92. The lowest BCUT2D eigenvalue weighted by molar-refractivity contribution is 0.542. The lowest BCUT2D eigenvalue weighted by Gasteiger charge is -2.09. The summed E-state index contributed by atoms with van der Waals surface area (Å²) in [6.45, 7) is 1.91. The summed E-state index contributed by atoms with van der Waals surface area (Å²) in [7, 11) is 0. The molecule has 0 aliphatic rings. The van der Waals surface area contributed by atoms with E-state index in [9.17, 15) is 9.18 Å². The van der Waals surface area contributed by atoms with Gasteiger partial charge in [0.05, 0.1) is 5.56 Å². The molecule has 100 valence electrons. The van der Waals surface area contributed by atoms with Crippen LogP contribution in [0.2, 0.25) is 0 Å². The van der Waals surface area contributed by atoms with Crippen molar-refractivity contribution >= 4 is 11.0 Å². The molecule has 0 aliphatic carbocycles. The van der Waals surface area contributed by atoms with Crippen LogP contribution in [0.15, 0.2) is 57.7 Å². The molecule has 0 bridgehead atoms. The second-order valence-electron chi connectivity index (χ2n) is 4.56. The molecule has 2 nitrogen and oxygen atoms in total. The van der Waals surface area contributed by atoms with Crippen LogP contribution in [0.1, 0.15) is 12.7 Å². The van der Waals surface area contributed by atoms with Crippen molar-refractivity contribution in [3.8, 4) is 11.1 Å². The van der Waals surface area contributed by atoms with Crippen molar-refractivity contribution in [3.63, 3.8) is 0 Å². The summed E-state index contributed by atoms with van der Waals surface area (Å²) in [5.41, 5.74) is 1.19. The average Bonchev–Trinajstić information content (AvgIpc) is 2.47. The third-order valence-corrected chi connectivity index (χ3v) is 3.33. The van der Waals surface area contributed by atoms with E-state index >= 15 is 0 Å². The SMILES string of the molecule is CCc1oc2cccc(F)c2c(=O)c1-c1ccccc1. The fraction of sp³-hybridized carbons (Fsp3) is 0.118. The number of hydrogen-bond donors (Lipinski definition) is 0. The van der Waals surface area contributed by atoms with E-state index in [2.05, 4.69) is 0 Å². The van der Waals surface area contributed by atoms with E-state index in [1.807, 2.05) is 37.3 Å². The Kier molecular flexibility index (Phi) is 3.11. The Morgan fingerprint density at radius 3 is 2.50 bits per heavy atom. The van der Waals surface area contributed by atoms with Gasteiger partial charge in [0.2, 0.25) is 5.43 Å². The first-order chi connectivity index (χ1) is 9.72. The molecule has 0 unspecified atom stereocenters. The Morgan fingerprint density at radius 2 is 1.80 bits per heavy atom. The lowest BCUT2D eigenvalue weighted by Crippen LogP contribution is -2.10. The van der Waals surface area contributed by atoms with Crippen LogP contribution < -0.4 is 5.43 Å². The van der Waals surface area contributed by atoms with Crippen molar-refractivity contribution in [2.45, 2.75) is 13.3 Å². The van der Waals surface area contributed by atoms with Gasteiger partial charge >= 0.3 is 0 Å². The molecule has 0 N–H and O–H groups in total. The minimum Gasteiger partial charge on any atom is -0.460 e. The first-order valence-electron chi connectivity index (χ1n) is 6.52. The number of hydrogen-bond acceptors (Lipinski definition) is 2. The molecular formula is C17H13FO2. The molecule has 0 fully saturated rings. The molecule has 20 heavy (non-hydrogen) atoms. The maximum absolute atomic E-state index is 13.9. The fourth-order valence-electron chi connectivity index (χ4n) is 2.39. The van der Waals surface area contributed by atoms with E-state index in [0.717, 1.165) is 5.56 Å². The smallest absolute Gasteiger partial charge is 0.203 e. The summed E-state index contributed by atoms with van der Waals surface area (Å²) >= 11 is 0. The molecule has 0 amide bonds. The van der Waals surface area contributed by atoms with Gasteiger partial charge in [-0.25, -0.2) is 4.39 Å². The number of aryl methyl sites for hydroxylation is 1. The minimum atomic E-state index is -0.545. The molecule has 2 aromatic carbocycles. The molecule has 0 saturated carbocycles. The topological polar surface area (TPSA) is 30.2 Å². The van der Waals surface area contributed by atoms with Crippen LogP contribution in [0, 0.1) is 5.82 Å². The summed E-state index contributed by atoms with van der Waals surface area (Å²) in [5.74, 6) is 0.0374. The quantitative estimate of drug-likeness (QED) is 0.698. The standard InChI is InChI=1S/C17H13FO2/c1-2-13-15(11-7-4-3-5-8-11)17(19)16-12(18)9-6-10-14(16)20-13/h3-10H,2H2,1H3. The highest BCUT2D eigenvalue weighted by atomic mass is 19.1. The number of rotatable bonds is 2. The van der Waals surface area contributed by atoms with Gasteiger partial charge in [-0.3, -0.25) is 4.79 Å². The highest BCUT2D eigenvalue weighted by Gasteiger charge is 2.17. The summed E-state index contributed by atoms with van der Waals surface area (Å²) in [6.07, 6.45) is 0.575. The molecule has 3 aromatic rings. The van der Waals surface area contributed by atoms with Gasteiger partial charge in [-0.2, -0.15) is 0 Å². The van der Waals surface area contributed by atoms with Gasteiger partial charge in [0.25, 0.3) is 0 Å². The second-order valence-corrected chi connectivity index (χ2v) is 4.56. The van der Waals surface area contributed by atoms with Gasteiger partial charge in [0, 0.05) is 6.42 Å². The van der Waals surface area contributed by atoms with Crippen LogP contribution in [0.4, 0.5) is 4.39 Å². The molecule has 3 heteroatoms. The van der Waals surface area contributed by atoms with Gasteiger partial charge < -0.3 is 4.42 Å². The molecular weight excluding hydrogens is 255 g/mol. The van der Waals surface area contributed by atoms with Crippen LogP contribution in [0.5, 0.6) is 0 Å². The minimum absolute atomic E-state index is 0.0172. The number of benzene rings is 2. The summed E-state index contributed by atoms with van der Waals surface area (Å²) < 4.78 is 19.6. The van der Waals surface area contributed by atoms with Crippen molar-refractivity contribution in [2.24, 2.45) is 0 Å². The van der Waals surface area contributed by atoms with Gasteiger partial charge in [0.15, 0.2) is 0 Å². The molecule has 0 aliphatic heterocycles. The summed E-state index contributed by atoms with van der Waals surface area (Å²) in [6, 6.07) is 13.7. The zero-order valence-corrected chi connectivity index (χ0v) is 11.0. The molecule has 1 aromatic heterocycles. The van der Waals surface area contributed by atoms with E-state index in [1.165, 1.54) is 6.07 Å². The van der Waals surface area contributed by atoms with E-state index in [-0.39, 0.29) is 10.8 Å². The molecule has 0 saturated heterocycles.